The molecule has 0 bridgehead atoms. The van der Waals surface area contributed by atoms with Crippen molar-refractivity contribution < 1.29 is 14.3 Å². The maximum absolute atomic E-state index is 12.2. The summed E-state index contributed by atoms with van der Waals surface area (Å²) in [4.78, 5) is 24.2. The number of carbonyl (C=O) groups is 2. The molecular formula is C21H24BrN3O3S. The van der Waals surface area contributed by atoms with Crippen LogP contribution in [0.5, 0.6) is 5.75 Å². The summed E-state index contributed by atoms with van der Waals surface area (Å²) in [5, 5.41) is 2.49. The predicted molar refractivity (Wildman–Crippen MR) is 121 cm³/mol. The molecule has 0 aromatic heterocycles. The molecule has 154 valence electrons. The Labute approximate surface area is 184 Å². The van der Waals surface area contributed by atoms with E-state index in [2.05, 4.69) is 45.9 Å². The Bertz CT molecular complexity index is 904. The van der Waals surface area contributed by atoms with Gasteiger partial charge in [0.05, 0.1) is 0 Å². The van der Waals surface area contributed by atoms with E-state index in [1.54, 1.807) is 12.1 Å². The van der Waals surface area contributed by atoms with E-state index in [0.29, 0.717) is 17.2 Å². The molecule has 0 spiro atoms. The number of aryl methyl sites for hydroxylation is 1. The van der Waals surface area contributed by atoms with E-state index in [4.69, 9.17) is 17.0 Å². The van der Waals surface area contributed by atoms with Gasteiger partial charge in [0.2, 0.25) is 0 Å². The number of amides is 2. The summed E-state index contributed by atoms with van der Waals surface area (Å²) in [6.45, 7) is 5.96. The summed E-state index contributed by atoms with van der Waals surface area (Å²) in [5.74, 6) is 0.213. The molecule has 0 saturated carbocycles. The summed E-state index contributed by atoms with van der Waals surface area (Å²) in [6.07, 6.45) is 0.972. The van der Waals surface area contributed by atoms with Gasteiger partial charge < -0.3 is 4.74 Å². The highest BCUT2D eigenvalue weighted by Crippen LogP contribution is 2.28. The van der Waals surface area contributed by atoms with Crippen LogP contribution in [0.25, 0.3) is 0 Å². The Hall–Kier alpha value is -2.45. The molecule has 2 aromatic carbocycles. The van der Waals surface area contributed by atoms with Crippen molar-refractivity contribution in [3.8, 4) is 5.75 Å². The molecule has 0 radical (unpaired) electrons. The van der Waals surface area contributed by atoms with E-state index in [1.165, 1.54) is 0 Å². The fraction of sp³-hybridized carbons (Fsp3) is 0.286. The third-order valence-corrected chi connectivity index (χ3v) is 5.46. The number of rotatable bonds is 6. The van der Waals surface area contributed by atoms with Gasteiger partial charge in [-0.25, -0.2) is 0 Å². The van der Waals surface area contributed by atoms with Crippen LogP contribution in [0, 0.1) is 6.92 Å². The molecule has 0 aliphatic rings. The van der Waals surface area contributed by atoms with Gasteiger partial charge in [0.1, 0.15) is 5.75 Å². The van der Waals surface area contributed by atoms with Crippen molar-refractivity contribution >= 4 is 45.1 Å². The normalized spacial score (nSPS) is 11.3. The van der Waals surface area contributed by atoms with Crippen molar-refractivity contribution in [2.45, 2.75) is 33.1 Å². The molecule has 2 amide bonds. The maximum atomic E-state index is 12.2. The first kappa shape index (κ1) is 22.8. The number of para-hydroxylation sites is 1. The lowest BCUT2D eigenvalue weighted by Crippen LogP contribution is -2.49. The van der Waals surface area contributed by atoms with Gasteiger partial charge in [-0.05, 0) is 60.8 Å². The number of carbonyl (C=O) groups excluding carboxylic acids is 2. The monoisotopic (exact) mass is 477 g/mol. The van der Waals surface area contributed by atoms with Gasteiger partial charge >= 0.3 is 0 Å². The van der Waals surface area contributed by atoms with Crippen LogP contribution in [0.2, 0.25) is 0 Å². The molecule has 29 heavy (non-hydrogen) atoms. The highest BCUT2D eigenvalue weighted by molar-refractivity contribution is 9.10. The minimum Gasteiger partial charge on any atom is -0.483 e. The first-order chi connectivity index (χ1) is 13.8. The van der Waals surface area contributed by atoms with Gasteiger partial charge in [-0.1, -0.05) is 54.0 Å². The van der Waals surface area contributed by atoms with E-state index in [1.807, 2.05) is 37.3 Å². The topological polar surface area (TPSA) is 79.5 Å². The van der Waals surface area contributed by atoms with Crippen molar-refractivity contribution in [2.24, 2.45) is 0 Å². The van der Waals surface area contributed by atoms with E-state index in [0.717, 1.165) is 22.0 Å². The Morgan fingerprint density at radius 3 is 2.59 bits per heavy atom. The number of halogens is 1. The average molecular weight is 478 g/mol. The SMILES string of the molecule is CCC(C)c1ccccc1OCC(=O)NNC(=S)NC(=O)c1ccc(C)c(Br)c1. The third kappa shape index (κ3) is 6.83. The second-order valence-corrected chi connectivity index (χ2v) is 7.82. The summed E-state index contributed by atoms with van der Waals surface area (Å²) < 4.78 is 6.47. The molecule has 0 heterocycles. The Kier molecular flexibility index (Phi) is 8.60. The number of nitrogens with one attached hydrogen (secondary N) is 3. The second kappa shape index (κ2) is 10.9. The van der Waals surface area contributed by atoms with Crippen LogP contribution in [-0.2, 0) is 4.79 Å². The number of benzene rings is 2. The lowest BCUT2D eigenvalue weighted by Gasteiger charge is -2.16. The summed E-state index contributed by atoms with van der Waals surface area (Å²) in [6, 6.07) is 12.9. The van der Waals surface area contributed by atoms with E-state index >= 15 is 0 Å². The highest BCUT2D eigenvalue weighted by atomic mass is 79.9. The number of hydrogen-bond donors (Lipinski definition) is 3. The number of thiocarbonyl (C=S) groups is 1. The van der Waals surface area contributed by atoms with Crippen LogP contribution in [0.1, 0.15) is 47.7 Å². The van der Waals surface area contributed by atoms with Crippen LogP contribution < -0.4 is 20.9 Å². The van der Waals surface area contributed by atoms with Crippen molar-refractivity contribution in [3.63, 3.8) is 0 Å². The molecule has 0 saturated heterocycles. The van der Waals surface area contributed by atoms with Crippen LogP contribution in [0.4, 0.5) is 0 Å². The molecule has 0 aliphatic carbocycles. The van der Waals surface area contributed by atoms with Gasteiger partial charge in [0, 0.05) is 10.0 Å². The Morgan fingerprint density at radius 2 is 1.90 bits per heavy atom. The lowest BCUT2D eigenvalue weighted by molar-refractivity contribution is -0.123. The minimum atomic E-state index is -0.418. The number of hydrogen-bond acceptors (Lipinski definition) is 4. The van der Waals surface area contributed by atoms with Gasteiger partial charge in [-0.2, -0.15) is 0 Å². The lowest BCUT2D eigenvalue weighted by atomic mass is 9.98. The molecule has 8 heteroatoms. The van der Waals surface area contributed by atoms with Gasteiger partial charge in [0.25, 0.3) is 11.8 Å². The summed E-state index contributed by atoms with van der Waals surface area (Å²) in [7, 11) is 0. The highest BCUT2D eigenvalue weighted by Gasteiger charge is 2.12. The summed E-state index contributed by atoms with van der Waals surface area (Å²) >= 11 is 8.43. The van der Waals surface area contributed by atoms with E-state index in [-0.39, 0.29) is 17.6 Å². The molecular weight excluding hydrogens is 454 g/mol. The first-order valence-corrected chi connectivity index (χ1v) is 10.4. The molecule has 0 fully saturated rings. The van der Waals surface area contributed by atoms with E-state index in [9.17, 15) is 9.59 Å². The number of ether oxygens (including phenoxy) is 1. The zero-order valence-electron chi connectivity index (χ0n) is 16.5. The van der Waals surface area contributed by atoms with Crippen LogP contribution >= 0.6 is 28.1 Å². The van der Waals surface area contributed by atoms with Crippen LogP contribution in [0.15, 0.2) is 46.9 Å². The zero-order valence-corrected chi connectivity index (χ0v) is 18.9. The summed E-state index contributed by atoms with van der Waals surface area (Å²) in [5.41, 5.74) is 7.44. The van der Waals surface area contributed by atoms with Gasteiger partial charge in [-0.3, -0.25) is 25.8 Å². The van der Waals surface area contributed by atoms with Gasteiger partial charge in [0.15, 0.2) is 11.7 Å². The first-order valence-electron chi connectivity index (χ1n) is 9.19. The largest absolute Gasteiger partial charge is 0.483 e. The minimum absolute atomic E-state index is 0.0138. The van der Waals surface area contributed by atoms with Crippen LogP contribution in [0.3, 0.4) is 0 Å². The Morgan fingerprint density at radius 1 is 1.17 bits per heavy atom. The van der Waals surface area contributed by atoms with Crippen molar-refractivity contribution in [3.05, 3.63) is 63.6 Å². The predicted octanol–water partition coefficient (Wildman–Crippen LogP) is 3.99. The van der Waals surface area contributed by atoms with Gasteiger partial charge in [-0.15, -0.1) is 0 Å². The second-order valence-electron chi connectivity index (χ2n) is 6.56. The smallest absolute Gasteiger partial charge is 0.276 e. The fourth-order valence-electron chi connectivity index (χ4n) is 2.49. The van der Waals surface area contributed by atoms with Crippen molar-refractivity contribution in [2.75, 3.05) is 6.61 Å². The molecule has 1 unspecified atom stereocenters. The van der Waals surface area contributed by atoms with Crippen molar-refractivity contribution in [1.82, 2.24) is 16.2 Å². The molecule has 1 atom stereocenters. The molecule has 2 aromatic rings. The molecule has 3 N–H and O–H groups in total. The Balaban J connectivity index is 1.81. The maximum Gasteiger partial charge on any atom is 0.276 e. The van der Waals surface area contributed by atoms with E-state index < -0.39 is 5.91 Å². The van der Waals surface area contributed by atoms with Crippen LogP contribution in [-0.4, -0.2) is 23.5 Å². The quantitative estimate of drug-likeness (QED) is 0.433. The fourth-order valence-corrected chi connectivity index (χ4v) is 3.01. The zero-order chi connectivity index (χ0) is 21.4. The third-order valence-electron chi connectivity index (χ3n) is 4.40. The molecule has 0 aliphatic heterocycles. The average Bonchev–Trinajstić information content (AvgIpc) is 2.72. The molecule has 6 nitrogen and oxygen atoms in total. The van der Waals surface area contributed by atoms with Crippen molar-refractivity contribution in [1.29, 1.82) is 0 Å². The number of hydrazine groups is 1. The standard InChI is InChI=1S/C21H24BrN3O3S/c1-4-13(2)16-7-5-6-8-18(16)28-12-19(26)24-25-21(29)23-20(27)15-10-9-14(3)17(22)11-15/h5-11,13H,4,12H2,1-3H3,(H,24,26)(H2,23,25,27,29). The molecule has 2 rings (SSSR count).